The van der Waals surface area contributed by atoms with E-state index in [0.29, 0.717) is 42.0 Å². The Morgan fingerprint density at radius 2 is 1.85 bits per heavy atom. The fourth-order valence-corrected chi connectivity index (χ4v) is 3.43. The minimum absolute atomic E-state index is 0.0596. The number of benzene rings is 2. The molecule has 0 atom stereocenters. The van der Waals surface area contributed by atoms with Crippen LogP contribution in [0.1, 0.15) is 24.4 Å². The summed E-state index contributed by atoms with van der Waals surface area (Å²) in [4.78, 5) is 12.5. The zero-order valence-electron chi connectivity index (χ0n) is 18.4. The number of carbonyl (C=O) groups is 1. The number of nitrogens with zero attached hydrogens (tertiary/aromatic N) is 3. The van der Waals surface area contributed by atoms with E-state index in [1.54, 1.807) is 18.2 Å². The minimum atomic E-state index is -0.548. The van der Waals surface area contributed by atoms with Crippen LogP contribution in [0.5, 0.6) is 17.2 Å². The third-order valence-electron chi connectivity index (χ3n) is 4.29. The van der Waals surface area contributed by atoms with Gasteiger partial charge in [-0.2, -0.15) is 5.26 Å². The molecule has 1 amide bonds. The van der Waals surface area contributed by atoms with Crippen molar-refractivity contribution < 1.29 is 19.0 Å². The number of aryl methyl sites for hydroxylation is 1. The number of amides is 1. The summed E-state index contributed by atoms with van der Waals surface area (Å²) in [7, 11) is 0. The highest BCUT2D eigenvalue weighted by molar-refractivity contribution is 7.15. The number of rotatable bonds is 11. The molecule has 0 fully saturated rings. The largest absolute Gasteiger partial charge is 0.490 e. The molecule has 1 heterocycles. The first-order valence-electron chi connectivity index (χ1n) is 10.5. The van der Waals surface area contributed by atoms with E-state index >= 15 is 0 Å². The number of ether oxygens (including phenoxy) is 3. The van der Waals surface area contributed by atoms with Crippen molar-refractivity contribution in [2.75, 3.05) is 25.1 Å². The Hall–Kier alpha value is -3.90. The van der Waals surface area contributed by atoms with Crippen LogP contribution in [0.4, 0.5) is 5.13 Å². The van der Waals surface area contributed by atoms with Gasteiger partial charge in [-0.15, -0.1) is 10.2 Å². The molecule has 0 unspecified atom stereocenters. The molecule has 170 valence electrons. The quantitative estimate of drug-likeness (QED) is 0.253. The second-order valence-corrected chi connectivity index (χ2v) is 7.69. The normalized spacial score (nSPS) is 10.9. The molecule has 1 N–H and O–H groups in total. The van der Waals surface area contributed by atoms with Gasteiger partial charge < -0.3 is 14.2 Å². The number of anilines is 1. The maximum atomic E-state index is 12.5. The highest BCUT2D eigenvalue weighted by atomic mass is 32.1. The highest BCUT2D eigenvalue weighted by Gasteiger charge is 2.14. The fourth-order valence-electron chi connectivity index (χ4n) is 2.76. The summed E-state index contributed by atoms with van der Waals surface area (Å²) in [5, 5.41) is 21.1. The monoisotopic (exact) mass is 464 g/mol. The molecule has 0 radical (unpaired) electrons. The molecule has 8 nitrogen and oxygen atoms in total. The van der Waals surface area contributed by atoms with E-state index in [1.807, 2.05) is 50.2 Å². The second kappa shape index (κ2) is 12.2. The van der Waals surface area contributed by atoms with E-state index < -0.39 is 5.91 Å². The molecule has 0 saturated carbocycles. The summed E-state index contributed by atoms with van der Waals surface area (Å²) in [5.74, 6) is 1.29. The van der Waals surface area contributed by atoms with E-state index in [2.05, 4.69) is 15.5 Å². The zero-order chi connectivity index (χ0) is 23.5. The number of hydrogen-bond donors (Lipinski definition) is 1. The van der Waals surface area contributed by atoms with E-state index in [-0.39, 0.29) is 5.57 Å². The molecular formula is C24H24N4O4S. The van der Waals surface area contributed by atoms with Gasteiger partial charge in [0.1, 0.15) is 35.6 Å². The number of nitriles is 1. The van der Waals surface area contributed by atoms with Crippen molar-refractivity contribution in [2.45, 2.75) is 20.3 Å². The first-order valence-corrected chi connectivity index (χ1v) is 11.3. The molecule has 0 aliphatic heterocycles. The van der Waals surface area contributed by atoms with Crippen LogP contribution < -0.4 is 19.5 Å². The smallest absolute Gasteiger partial charge is 0.268 e. The third-order valence-corrected chi connectivity index (χ3v) is 5.27. The number of carbonyl (C=O) groups excluding carboxylic acids is 1. The Morgan fingerprint density at radius 1 is 1.06 bits per heavy atom. The molecule has 0 saturated heterocycles. The van der Waals surface area contributed by atoms with Gasteiger partial charge in [-0.25, -0.2) is 0 Å². The topological polar surface area (TPSA) is 106 Å². The molecule has 1 aromatic heterocycles. The Balaban J connectivity index is 1.66. The molecule has 0 spiro atoms. The van der Waals surface area contributed by atoms with Crippen LogP contribution in [0, 0.1) is 11.3 Å². The van der Waals surface area contributed by atoms with E-state index in [0.717, 1.165) is 17.2 Å². The first kappa shape index (κ1) is 23.8. The van der Waals surface area contributed by atoms with Gasteiger partial charge in [0, 0.05) is 0 Å². The Labute approximate surface area is 196 Å². The van der Waals surface area contributed by atoms with Gasteiger partial charge in [0.25, 0.3) is 5.91 Å². The Bertz CT molecular complexity index is 1140. The fraction of sp³-hybridized carbons (Fsp3) is 0.250. The number of para-hydroxylation sites is 1. The van der Waals surface area contributed by atoms with E-state index in [9.17, 15) is 10.1 Å². The minimum Gasteiger partial charge on any atom is -0.490 e. The number of hydrogen-bond acceptors (Lipinski definition) is 8. The van der Waals surface area contributed by atoms with Gasteiger partial charge in [-0.05, 0) is 49.2 Å². The number of nitrogens with one attached hydrogen (secondary N) is 1. The molecule has 33 heavy (non-hydrogen) atoms. The Kier molecular flexibility index (Phi) is 8.79. The summed E-state index contributed by atoms with van der Waals surface area (Å²) >= 11 is 1.28. The van der Waals surface area contributed by atoms with Gasteiger partial charge in [0.15, 0.2) is 11.5 Å². The van der Waals surface area contributed by atoms with Crippen LogP contribution in [0.15, 0.2) is 54.1 Å². The molecule has 3 aromatic rings. The maximum Gasteiger partial charge on any atom is 0.268 e. The second-order valence-electron chi connectivity index (χ2n) is 6.63. The first-order chi connectivity index (χ1) is 16.1. The van der Waals surface area contributed by atoms with Crippen LogP contribution in [0.2, 0.25) is 0 Å². The lowest BCUT2D eigenvalue weighted by atomic mass is 10.1. The average molecular weight is 465 g/mol. The van der Waals surface area contributed by atoms with Crippen LogP contribution in [-0.2, 0) is 11.2 Å². The van der Waals surface area contributed by atoms with Gasteiger partial charge in [0.2, 0.25) is 5.13 Å². The molecule has 9 heteroatoms. The molecule has 3 rings (SSSR count). The van der Waals surface area contributed by atoms with Crippen molar-refractivity contribution in [3.63, 3.8) is 0 Å². The van der Waals surface area contributed by atoms with Crippen molar-refractivity contribution in [3.8, 4) is 23.3 Å². The maximum absolute atomic E-state index is 12.5. The van der Waals surface area contributed by atoms with Crippen molar-refractivity contribution in [2.24, 2.45) is 0 Å². The summed E-state index contributed by atoms with van der Waals surface area (Å²) in [6.45, 7) is 4.96. The van der Waals surface area contributed by atoms with Crippen molar-refractivity contribution >= 4 is 28.5 Å². The van der Waals surface area contributed by atoms with Crippen LogP contribution in [0.3, 0.4) is 0 Å². The lowest BCUT2D eigenvalue weighted by Crippen LogP contribution is -2.13. The number of aromatic nitrogens is 2. The van der Waals surface area contributed by atoms with E-state index in [1.165, 1.54) is 17.4 Å². The summed E-state index contributed by atoms with van der Waals surface area (Å²) in [6.07, 6.45) is 2.21. The van der Waals surface area contributed by atoms with Crippen molar-refractivity contribution in [1.82, 2.24) is 10.2 Å². The van der Waals surface area contributed by atoms with Gasteiger partial charge >= 0.3 is 0 Å². The van der Waals surface area contributed by atoms with Crippen LogP contribution in [-0.4, -0.2) is 35.9 Å². The van der Waals surface area contributed by atoms with Crippen molar-refractivity contribution in [1.29, 1.82) is 5.26 Å². The summed E-state index contributed by atoms with van der Waals surface area (Å²) in [5.41, 5.74) is 0.570. The molecule has 0 aliphatic rings. The van der Waals surface area contributed by atoms with Gasteiger partial charge in [-0.3, -0.25) is 10.1 Å². The van der Waals surface area contributed by atoms with Gasteiger partial charge in [-0.1, -0.05) is 42.5 Å². The Morgan fingerprint density at radius 3 is 2.55 bits per heavy atom. The summed E-state index contributed by atoms with van der Waals surface area (Å²) < 4.78 is 17.1. The van der Waals surface area contributed by atoms with Gasteiger partial charge in [0.05, 0.1) is 6.61 Å². The molecule has 0 bridgehead atoms. The SMILES string of the molecule is CCOc1cc(C=C(C#N)C(=O)Nc2nnc(CC)s2)ccc1OCCOc1ccccc1. The molecule has 2 aromatic carbocycles. The zero-order valence-corrected chi connectivity index (χ0v) is 19.2. The lowest BCUT2D eigenvalue weighted by Gasteiger charge is -2.13. The standard InChI is InChI=1S/C24H24N4O4S/c1-3-22-27-28-24(33-22)26-23(29)18(16-25)14-17-10-11-20(21(15-17)30-4-2)32-13-12-31-19-8-6-5-7-9-19/h5-11,14-15H,3-4,12-13H2,1-2H3,(H,26,28,29). The third kappa shape index (κ3) is 7.05. The predicted molar refractivity (Wildman–Crippen MR) is 127 cm³/mol. The summed E-state index contributed by atoms with van der Waals surface area (Å²) in [6, 6.07) is 16.6. The van der Waals surface area contributed by atoms with E-state index in [4.69, 9.17) is 14.2 Å². The highest BCUT2D eigenvalue weighted by Crippen LogP contribution is 2.29. The van der Waals surface area contributed by atoms with Crippen LogP contribution in [0.25, 0.3) is 6.08 Å². The van der Waals surface area contributed by atoms with Crippen molar-refractivity contribution in [3.05, 3.63) is 64.7 Å². The lowest BCUT2D eigenvalue weighted by molar-refractivity contribution is -0.112. The molecular weight excluding hydrogens is 440 g/mol. The predicted octanol–water partition coefficient (Wildman–Crippen LogP) is 4.50. The average Bonchev–Trinajstić information content (AvgIpc) is 3.29. The van der Waals surface area contributed by atoms with Crippen LogP contribution >= 0.6 is 11.3 Å². The molecule has 0 aliphatic carbocycles.